The first kappa shape index (κ1) is 28.1. The smallest absolute Gasteiger partial charge is 0.289 e. The van der Waals surface area contributed by atoms with Gasteiger partial charge in [0, 0.05) is 60.5 Å². The van der Waals surface area contributed by atoms with Gasteiger partial charge in [-0.25, -0.2) is 19.9 Å². The third-order valence-corrected chi connectivity index (χ3v) is 9.09. The number of amides is 1. The summed E-state index contributed by atoms with van der Waals surface area (Å²) in [6, 6.07) is 7.34. The standard InChI is InChI=1S/C27H27N7O5S2/c1-17(35)4-7-24(36)33-8-10-34(11-9-33)25-21-12-19(5-6-22(21)30-16-31-25)20-13-23(26(39-3)28-15-20)32-41(37,38)27-29-14-18(2)40-27/h4-7,12-16,32H,8-11H2,1-3H3/b7-4+. The SMILES string of the molecule is COc1ncc(-c2ccc3ncnc(N4CCN(C(=O)/C=C/C(C)=O)CC4)c3c2)cc1NS(=O)(=O)c1ncc(C)s1. The zero-order chi connectivity index (χ0) is 29.1. The fourth-order valence-corrected chi connectivity index (χ4v) is 6.56. The molecule has 1 saturated heterocycles. The molecule has 3 aromatic heterocycles. The second-order valence-corrected chi connectivity index (χ2v) is 12.4. The molecule has 0 aliphatic carbocycles. The second kappa shape index (κ2) is 11.6. The van der Waals surface area contributed by atoms with Crippen molar-refractivity contribution in [1.82, 2.24) is 24.8 Å². The quantitative estimate of drug-likeness (QED) is 0.302. The van der Waals surface area contributed by atoms with E-state index in [9.17, 15) is 18.0 Å². The first-order valence-electron chi connectivity index (χ1n) is 12.6. The molecule has 1 aliphatic heterocycles. The van der Waals surface area contributed by atoms with Crippen molar-refractivity contribution in [3.63, 3.8) is 0 Å². The summed E-state index contributed by atoms with van der Waals surface area (Å²) in [6.07, 6.45) is 7.20. The van der Waals surface area contributed by atoms with Crippen LogP contribution in [0, 0.1) is 6.92 Å². The highest BCUT2D eigenvalue weighted by molar-refractivity contribution is 7.94. The van der Waals surface area contributed by atoms with Crippen molar-refractivity contribution in [2.75, 3.05) is 42.9 Å². The van der Waals surface area contributed by atoms with Crippen molar-refractivity contribution in [1.29, 1.82) is 0 Å². The average molecular weight is 594 g/mol. The van der Waals surface area contributed by atoms with E-state index in [0.29, 0.717) is 31.7 Å². The van der Waals surface area contributed by atoms with Crippen molar-refractivity contribution in [2.24, 2.45) is 0 Å². The van der Waals surface area contributed by atoms with E-state index in [4.69, 9.17) is 4.74 Å². The number of benzene rings is 1. The third-order valence-electron chi connectivity index (χ3n) is 6.42. The van der Waals surface area contributed by atoms with Crippen molar-refractivity contribution in [3.05, 3.63) is 60.0 Å². The number of allylic oxidation sites excluding steroid dienone is 1. The van der Waals surface area contributed by atoms with Crippen molar-refractivity contribution in [3.8, 4) is 17.0 Å². The Morgan fingerprint density at radius 2 is 1.78 bits per heavy atom. The summed E-state index contributed by atoms with van der Waals surface area (Å²) in [4.78, 5) is 45.4. The molecule has 0 spiro atoms. The molecule has 1 N–H and O–H groups in total. The molecule has 5 rings (SSSR count). The number of rotatable bonds is 8. The summed E-state index contributed by atoms with van der Waals surface area (Å²) < 4.78 is 33.7. The van der Waals surface area contributed by atoms with E-state index in [-0.39, 0.29) is 27.6 Å². The molecule has 212 valence electrons. The zero-order valence-electron chi connectivity index (χ0n) is 22.6. The summed E-state index contributed by atoms with van der Waals surface area (Å²) in [5, 5.41) is 0.803. The van der Waals surface area contributed by atoms with Gasteiger partial charge in [0.1, 0.15) is 17.8 Å². The summed E-state index contributed by atoms with van der Waals surface area (Å²) in [7, 11) is -2.52. The lowest BCUT2D eigenvalue weighted by Gasteiger charge is -2.35. The molecule has 12 nitrogen and oxygen atoms in total. The van der Waals surface area contributed by atoms with Gasteiger partial charge in [-0.3, -0.25) is 14.3 Å². The summed E-state index contributed by atoms with van der Waals surface area (Å²) >= 11 is 1.07. The molecule has 4 heterocycles. The van der Waals surface area contributed by atoms with Crippen LogP contribution in [0.15, 0.2) is 59.5 Å². The lowest BCUT2D eigenvalue weighted by atomic mass is 10.0. The van der Waals surface area contributed by atoms with Gasteiger partial charge >= 0.3 is 0 Å². The maximum Gasteiger partial charge on any atom is 0.289 e. The van der Waals surface area contributed by atoms with E-state index in [1.165, 1.54) is 38.7 Å². The molecular weight excluding hydrogens is 566 g/mol. The van der Waals surface area contributed by atoms with E-state index in [1.807, 2.05) is 18.2 Å². The zero-order valence-corrected chi connectivity index (χ0v) is 24.2. The maximum atomic E-state index is 12.9. The van der Waals surface area contributed by atoms with E-state index < -0.39 is 10.0 Å². The Morgan fingerprint density at radius 3 is 2.46 bits per heavy atom. The predicted octanol–water partition coefficient (Wildman–Crippen LogP) is 3.06. The highest BCUT2D eigenvalue weighted by Crippen LogP contribution is 2.33. The van der Waals surface area contributed by atoms with Crippen LogP contribution in [0.5, 0.6) is 5.88 Å². The van der Waals surface area contributed by atoms with E-state index in [2.05, 4.69) is 29.6 Å². The summed E-state index contributed by atoms with van der Waals surface area (Å²) in [5.74, 6) is 0.482. The summed E-state index contributed by atoms with van der Waals surface area (Å²) in [5.41, 5.74) is 2.35. The van der Waals surface area contributed by atoms with Crippen molar-refractivity contribution < 1.29 is 22.7 Å². The number of hydrogen-bond acceptors (Lipinski definition) is 11. The van der Waals surface area contributed by atoms with Gasteiger partial charge in [-0.2, -0.15) is 8.42 Å². The monoisotopic (exact) mass is 593 g/mol. The molecule has 41 heavy (non-hydrogen) atoms. The van der Waals surface area contributed by atoms with Crippen LogP contribution in [-0.2, 0) is 19.6 Å². The minimum absolute atomic E-state index is 0.0494. The van der Waals surface area contributed by atoms with Gasteiger partial charge < -0.3 is 14.5 Å². The van der Waals surface area contributed by atoms with Gasteiger partial charge in [0.05, 0.1) is 12.6 Å². The molecule has 1 fully saturated rings. The molecule has 0 unspecified atom stereocenters. The average Bonchev–Trinajstić information content (AvgIpc) is 3.42. The largest absolute Gasteiger partial charge is 0.480 e. The number of nitrogens with one attached hydrogen (secondary N) is 1. The van der Waals surface area contributed by atoms with Gasteiger partial charge in [0.25, 0.3) is 10.0 Å². The number of piperazine rings is 1. The molecule has 0 atom stereocenters. The van der Waals surface area contributed by atoms with E-state index >= 15 is 0 Å². The molecule has 0 saturated carbocycles. The van der Waals surface area contributed by atoms with Crippen LogP contribution in [0.2, 0.25) is 0 Å². The fourth-order valence-electron chi connectivity index (χ4n) is 4.40. The number of aryl methyl sites for hydroxylation is 1. The van der Waals surface area contributed by atoms with Crippen LogP contribution in [-0.4, -0.2) is 78.2 Å². The molecule has 1 aliphatic rings. The second-order valence-electron chi connectivity index (χ2n) is 9.31. The predicted molar refractivity (Wildman–Crippen MR) is 156 cm³/mol. The summed E-state index contributed by atoms with van der Waals surface area (Å²) in [6.45, 7) is 5.27. The normalized spacial score (nSPS) is 14.0. The van der Waals surface area contributed by atoms with E-state index in [1.54, 1.807) is 24.1 Å². The minimum atomic E-state index is -3.94. The molecule has 0 radical (unpaired) electrons. The number of methoxy groups -OCH3 is 1. The van der Waals surface area contributed by atoms with Gasteiger partial charge in [0.2, 0.25) is 16.1 Å². The van der Waals surface area contributed by atoms with Crippen LogP contribution in [0.25, 0.3) is 22.0 Å². The lowest BCUT2D eigenvalue weighted by Crippen LogP contribution is -2.48. The van der Waals surface area contributed by atoms with Gasteiger partial charge in [0.15, 0.2) is 5.78 Å². The maximum absolute atomic E-state index is 12.9. The number of nitrogens with zero attached hydrogens (tertiary/aromatic N) is 6. The molecule has 14 heteroatoms. The number of aromatic nitrogens is 4. The number of ketones is 1. The van der Waals surface area contributed by atoms with Gasteiger partial charge in [-0.1, -0.05) is 6.07 Å². The number of pyridine rings is 1. The van der Waals surface area contributed by atoms with Crippen LogP contribution < -0.4 is 14.4 Å². The van der Waals surface area contributed by atoms with Crippen molar-refractivity contribution in [2.45, 2.75) is 18.2 Å². The Morgan fingerprint density at radius 1 is 1.00 bits per heavy atom. The highest BCUT2D eigenvalue weighted by atomic mass is 32.2. The van der Waals surface area contributed by atoms with Gasteiger partial charge in [-0.15, -0.1) is 11.3 Å². The van der Waals surface area contributed by atoms with Crippen LogP contribution in [0.3, 0.4) is 0 Å². The number of thiazole rings is 1. The number of fused-ring (bicyclic) bond motifs is 1. The Kier molecular flexibility index (Phi) is 7.94. The van der Waals surface area contributed by atoms with Crippen LogP contribution >= 0.6 is 11.3 Å². The molecule has 1 aromatic carbocycles. The number of anilines is 2. The number of hydrogen-bond donors (Lipinski definition) is 1. The Labute approximate surface area is 240 Å². The fraction of sp³-hybridized carbons (Fsp3) is 0.259. The van der Waals surface area contributed by atoms with E-state index in [0.717, 1.165) is 38.5 Å². The van der Waals surface area contributed by atoms with Crippen LogP contribution in [0.4, 0.5) is 11.5 Å². The first-order chi connectivity index (χ1) is 19.6. The topological polar surface area (TPSA) is 148 Å². The molecular formula is C27H27N7O5S2. The molecule has 4 aromatic rings. The lowest BCUT2D eigenvalue weighted by molar-refractivity contribution is -0.126. The Hall–Kier alpha value is -4.43. The number of sulfonamides is 1. The van der Waals surface area contributed by atoms with Crippen LogP contribution in [0.1, 0.15) is 11.8 Å². The first-order valence-corrected chi connectivity index (χ1v) is 14.9. The minimum Gasteiger partial charge on any atom is -0.480 e. The number of ether oxygens (including phenoxy) is 1. The highest BCUT2D eigenvalue weighted by Gasteiger charge is 2.24. The van der Waals surface area contributed by atoms with Gasteiger partial charge in [-0.05, 0) is 43.7 Å². The molecule has 0 bridgehead atoms. The Bertz CT molecular complexity index is 1760. The number of carbonyl (C=O) groups excluding carboxylic acids is 2. The molecule has 1 amide bonds. The Balaban J connectivity index is 1.43. The van der Waals surface area contributed by atoms with Crippen molar-refractivity contribution >= 4 is 55.5 Å². The number of carbonyl (C=O) groups is 2. The third kappa shape index (κ3) is 6.18.